The normalized spacial score (nSPS) is 10.7. The van der Waals surface area contributed by atoms with Crippen LogP contribution in [0.15, 0.2) is 18.2 Å². The minimum absolute atomic E-state index is 0.0252. The fourth-order valence-corrected chi connectivity index (χ4v) is 1.79. The number of aromatic nitrogens is 2. The Labute approximate surface area is 97.8 Å². The highest BCUT2D eigenvalue weighted by Gasteiger charge is 2.12. The molecule has 0 aliphatic carbocycles. The SMILES string of the molecule is COc1c2cc(Cl)ccc2nn1CC(C)=O. The van der Waals surface area contributed by atoms with E-state index in [4.69, 9.17) is 16.3 Å². The molecule has 0 unspecified atom stereocenters. The maximum atomic E-state index is 11.1. The molecule has 0 saturated heterocycles. The molecule has 5 heteroatoms. The van der Waals surface area contributed by atoms with Crippen molar-refractivity contribution in [2.75, 3.05) is 7.11 Å². The molecule has 0 saturated carbocycles. The van der Waals surface area contributed by atoms with E-state index in [0.29, 0.717) is 10.9 Å². The summed E-state index contributed by atoms with van der Waals surface area (Å²) in [7, 11) is 1.55. The van der Waals surface area contributed by atoms with Crippen LogP contribution in [0.2, 0.25) is 5.02 Å². The average molecular weight is 239 g/mol. The van der Waals surface area contributed by atoms with Crippen LogP contribution in [-0.4, -0.2) is 22.7 Å². The molecular formula is C11H11ClN2O2. The first-order valence-electron chi connectivity index (χ1n) is 4.81. The smallest absolute Gasteiger partial charge is 0.220 e. The Morgan fingerprint density at radius 1 is 1.56 bits per heavy atom. The van der Waals surface area contributed by atoms with Gasteiger partial charge in [0.05, 0.1) is 18.0 Å². The second kappa shape index (κ2) is 4.14. The van der Waals surface area contributed by atoms with Crippen molar-refractivity contribution in [2.45, 2.75) is 13.5 Å². The summed E-state index contributed by atoms with van der Waals surface area (Å²) in [6.07, 6.45) is 0. The number of halogens is 1. The molecule has 1 aromatic carbocycles. The van der Waals surface area contributed by atoms with Gasteiger partial charge in [-0.05, 0) is 25.1 Å². The molecule has 0 N–H and O–H groups in total. The molecule has 0 fully saturated rings. The van der Waals surface area contributed by atoms with E-state index >= 15 is 0 Å². The van der Waals surface area contributed by atoms with Gasteiger partial charge in [0, 0.05) is 5.02 Å². The second-order valence-corrected chi connectivity index (χ2v) is 3.97. The summed E-state index contributed by atoms with van der Waals surface area (Å²) in [5.41, 5.74) is 0.766. The standard InChI is InChI=1S/C11H11ClN2O2/c1-7(15)6-14-11(16-2)9-5-8(12)3-4-10(9)13-14/h3-5H,6H2,1-2H3. The summed E-state index contributed by atoms with van der Waals surface area (Å²) < 4.78 is 6.79. The summed E-state index contributed by atoms with van der Waals surface area (Å²) in [4.78, 5) is 11.1. The number of carbonyl (C=O) groups excluding carboxylic acids is 1. The van der Waals surface area contributed by atoms with Crippen molar-refractivity contribution in [1.82, 2.24) is 9.78 Å². The van der Waals surface area contributed by atoms with E-state index in [1.54, 1.807) is 30.0 Å². The lowest BCUT2D eigenvalue weighted by Crippen LogP contribution is -2.09. The van der Waals surface area contributed by atoms with Crippen molar-refractivity contribution in [2.24, 2.45) is 0 Å². The number of carbonyl (C=O) groups is 1. The number of benzene rings is 1. The lowest BCUT2D eigenvalue weighted by atomic mass is 10.2. The van der Waals surface area contributed by atoms with Crippen LogP contribution >= 0.6 is 11.6 Å². The third-order valence-corrected chi connectivity index (χ3v) is 2.45. The van der Waals surface area contributed by atoms with Gasteiger partial charge in [0.1, 0.15) is 6.54 Å². The van der Waals surface area contributed by atoms with Gasteiger partial charge in [0.2, 0.25) is 5.88 Å². The Bertz CT molecular complexity index is 548. The maximum absolute atomic E-state index is 11.1. The number of hydrogen-bond acceptors (Lipinski definition) is 3. The van der Waals surface area contributed by atoms with Gasteiger partial charge in [-0.15, -0.1) is 0 Å². The van der Waals surface area contributed by atoms with Crippen LogP contribution in [0.3, 0.4) is 0 Å². The van der Waals surface area contributed by atoms with Crippen molar-refractivity contribution in [3.05, 3.63) is 23.2 Å². The zero-order chi connectivity index (χ0) is 11.7. The van der Waals surface area contributed by atoms with Gasteiger partial charge in [-0.25, -0.2) is 4.68 Å². The predicted octanol–water partition coefficient (Wildman–Crippen LogP) is 2.29. The molecule has 2 rings (SSSR count). The van der Waals surface area contributed by atoms with E-state index < -0.39 is 0 Å². The largest absolute Gasteiger partial charge is 0.481 e. The van der Waals surface area contributed by atoms with Gasteiger partial charge in [0.15, 0.2) is 5.78 Å². The first kappa shape index (κ1) is 11.0. The van der Waals surface area contributed by atoms with Gasteiger partial charge in [-0.1, -0.05) is 11.6 Å². The molecule has 1 heterocycles. The predicted molar refractivity (Wildman–Crippen MR) is 62.0 cm³/mol. The van der Waals surface area contributed by atoms with E-state index in [1.807, 2.05) is 0 Å². The average Bonchev–Trinajstić information content (AvgIpc) is 2.53. The van der Waals surface area contributed by atoms with E-state index in [0.717, 1.165) is 10.9 Å². The molecule has 0 amide bonds. The fraction of sp³-hybridized carbons (Fsp3) is 0.273. The number of Topliss-reactive ketones (excluding diaryl/α,β-unsaturated/α-hetero) is 1. The number of ketones is 1. The third-order valence-electron chi connectivity index (χ3n) is 2.22. The number of ether oxygens (including phenoxy) is 1. The lowest BCUT2D eigenvalue weighted by molar-refractivity contribution is -0.117. The number of hydrogen-bond donors (Lipinski definition) is 0. The zero-order valence-corrected chi connectivity index (χ0v) is 9.78. The maximum Gasteiger partial charge on any atom is 0.220 e. The second-order valence-electron chi connectivity index (χ2n) is 3.53. The van der Waals surface area contributed by atoms with Gasteiger partial charge < -0.3 is 4.74 Å². The van der Waals surface area contributed by atoms with E-state index in [2.05, 4.69) is 5.10 Å². The molecule has 0 atom stereocenters. The molecule has 0 spiro atoms. The van der Waals surface area contributed by atoms with Crippen LogP contribution in [0.1, 0.15) is 6.92 Å². The molecule has 0 bridgehead atoms. The highest BCUT2D eigenvalue weighted by molar-refractivity contribution is 6.31. The van der Waals surface area contributed by atoms with E-state index in [9.17, 15) is 4.79 Å². The Morgan fingerprint density at radius 2 is 2.31 bits per heavy atom. The van der Waals surface area contributed by atoms with Crippen molar-refractivity contribution in [3.8, 4) is 5.88 Å². The van der Waals surface area contributed by atoms with Crippen LogP contribution in [0.5, 0.6) is 5.88 Å². The Kier molecular flexibility index (Phi) is 2.83. The first-order chi connectivity index (χ1) is 7.61. The Hall–Kier alpha value is -1.55. The molecule has 16 heavy (non-hydrogen) atoms. The number of rotatable bonds is 3. The Balaban J connectivity index is 2.62. The fourth-order valence-electron chi connectivity index (χ4n) is 1.61. The van der Waals surface area contributed by atoms with Gasteiger partial charge >= 0.3 is 0 Å². The van der Waals surface area contributed by atoms with Gasteiger partial charge in [-0.2, -0.15) is 5.10 Å². The minimum Gasteiger partial charge on any atom is -0.481 e. The first-order valence-corrected chi connectivity index (χ1v) is 5.19. The van der Waals surface area contributed by atoms with Crippen LogP contribution in [0.25, 0.3) is 10.9 Å². The zero-order valence-electron chi connectivity index (χ0n) is 9.03. The van der Waals surface area contributed by atoms with Gasteiger partial charge in [0.25, 0.3) is 0 Å². The monoisotopic (exact) mass is 238 g/mol. The van der Waals surface area contributed by atoms with Crippen molar-refractivity contribution < 1.29 is 9.53 Å². The molecule has 4 nitrogen and oxygen atoms in total. The van der Waals surface area contributed by atoms with Crippen molar-refractivity contribution in [1.29, 1.82) is 0 Å². The minimum atomic E-state index is 0.0252. The molecule has 84 valence electrons. The van der Waals surface area contributed by atoms with Crippen LogP contribution in [0, 0.1) is 0 Å². The highest BCUT2D eigenvalue weighted by Crippen LogP contribution is 2.27. The van der Waals surface area contributed by atoms with Crippen molar-refractivity contribution >= 4 is 28.3 Å². The molecule has 0 aliphatic heterocycles. The number of nitrogens with zero attached hydrogens (tertiary/aromatic N) is 2. The molecule has 0 aliphatic rings. The molecule has 0 radical (unpaired) electrons. The molecular weight excluding hydrogens is 228 g/mol. The summed E-state index contributed by atoms with van der Waals surface area (Å²) in [6.45, 7) is 1.72. The molecule has 2 aromatic rings. The topological polar surface area (TPSA) is 44.1 Å². The highest BCUT2D eigenvalue weighted by atomic mass is 35.5. The van der Waals surface area contributed by atoms with Crippen molar-refractivity contribution in [3.63, 3.8) is 0 Å². The third kappa shape index (κ3) is 1.88. The van der Waals surface area contributed by atoms with Gasteiger partial charge in [-0.3, -0.25) is 4.79 Å². The quantitative estimate of drug-likeness (QED) is 0.824. The van der Waals surface area contributed by atoms with Crippen LogP contribution < -0.4 is 4.74 Å². The molecule has 1 aromatic heterocycles. The number of fused-ring (bicyclic) bond motifs is 1. The summed E-state index contributed by atoms with van der Waals surface area (Å²) in [6, 6.07) is 5.34. The summed E-state index contributed by atoms with van der Waals surface area (Å²) in [5, 5.41) is 5.71. The summed E-state index contributed by atoms with van der Waals surface area (Å²) in [5.74, 6) is 0.588. The number of methoxy groups -OCH3 is 1. The Morgan fingerprint density at radius 3 is 2.94 bits per heavy atom. The lowest BCUT2D eigenvalue weighted by Gasteiger charge is -2.03. The van der Waals surface area contributed by atoms with Crippen LogP contribution in [0.4, 0.5) is 0 Å². The van der Waals surface area contributed by atoms with E-state index in [-0.39, 0.29) is 12.3 Å². The summed E-state index contributed by atoms with van der Waals surface area (Å²) >= 11 is 5.90. The van der Waals surface area contributed by atoms with Crippen LogP contribution in [-0.2, 0) is 11.3 Å². The van der Waals surface area contributed by atoms with E-state index in [1.165, 1.54) is 6.92 Å².